The number of aliphatic hydroxyl groups is 1. The highest BCUT2D eigenvalue weighted by Gasteiger charge is 2.13. The van der Waals surface area contributed by atoms with E-state index in [0.29, 0.717) is 16.5 Å². The Hall–Kier alpha value is -1.09. The van der Waals surface area contributed by atoms with E-state index < -0.39 is 0 Å². The van der Waals surface area contributed by atoms with Gasteiger partial charge in [0.05, 0.1) is 6.61 Å². The van der Waals surface area contributed by atoms with Crippen molar-refractivity contribution >= 4 is 23.2 Å². The van der Waals surface area contributed by atoms with Gasteiger partial charge in [0.15, 0.2) is 0 Å². The van der Waals surface area contributed by atoms with Gasteiger partial charge >= 0.3 is 0 Å². The average molecular weight is 299 g/mol. The molecule has 0 aliphatic rings. The maximum atomic E-state index is 12.9. The smallest absolute Gasteiger partial charge is 0.123 e. The second-order valence-corrected chi connectivity index (χ2v) is 5.21. The van der Waals surface area contributed by atoms with Crippen LogP contribution < -0.4 is 0 Å². The summed E-state index contributed by atoms with van der Waals surface area (Å²) in [5.74, 6) is -0.399. The molecular formula is C15H13Cl2FO. The van der Waals surface area contributed by atoms with Gasteiger partial charge in [0.1, 0.15) is 5.82 Å². The third-order valence-electron chi connectivity index (χ3n) is 3.04. The summed E-state index contributed by atoms with van der Waals surface area (Å²) in [6.07, 6.45) is 0.581. The van der Waals surface area contributed by atoms with Crippen molar-refractivity contribution in [3.8, 4) is 0 Å². The van der Waals surface area contributed by atoms with Crippen LogP contribution in [0.1, 0.15) is 17.0 Å². The van der Waals surface area contributed by atoms with Gasteiger partial charge in [-0.15, -0.1) is 0 Å². The molecule has 0 aromatic heterocycles. The van der Waals surface area contributed by atoms with Gasteiger partial charge in [0, 0.05) is 16.0 Å². The molecule has 100 valence electrons. The molecule has 4 heteroatoms. The van der Waals surface area contributed by atoms with E-state index in [1.54, 1.807) is 24.3 Å². The highest BCUT2D eigenvalue weighted by Crippen LogP contribution is 2.27. The first-order valence-corrected chi connectivity index (χ1v) is 6.66. The molecule has 0 aliphatic heterocycles. The molecule has 1 atom stereocenters. The summed E-state index contributed by atoms with van der Waals surface area (Å²) in [7, 11) is 0. The fourth-order valence-corrected chi connectivity index (χ4v) is 2.46. The molecule has 0 heterocycles. The summed E-state index contributed by atoms with van der Waals surface area (Å²) >= 11 is 12.0. The lowest BCUT2D eigenvalue weighted by atomic mass is 9.93. The minimum absolute atomic E-state index is 0.0232. The molecule has 2 aromatic carbocycles. The fraction of sp³-hybridized carbons (Fsp3) is 0.200. The predicted octanol–water partition coefficient (Wildman–Crippen LogP) is 4.45. The Morgan fingerprint density at radius 2 is 1.74 bits per heavy atom. The molecule has 0 bridgehead atoms. The Bertz CT molecular complexity index is 555. The lowest BCUT2D eigenvalue weighted by molar-refractivity contribution is 0.264. The molecule has 0 radical (unpaired) electrons. The average Bonchev–Trinajstić information content (AvgIpc) is 2.39. The number of rotatable bonds is 4. The van der Waals surface area contributed by atoms with E-state index in [1.807, 2.05) is 6.07 Å². The monoisotopic (exact) mass is 298 g/mol. The highest BCUT2D eigenvalue weighted by molar-refractivity contribution is 6.35. The van der Waals surface area contributed by atoms with Crippen LogP contribution in [-0.2, 0) is 6.42 Å². The Balaban J connectivity index is 2.21. The molecule has 1 N–H and O–H groups in total. The molecule has 0 saturated heterocycles. The number of benzene rings is 2. The van der Waals surface area contributed by atoms with Crippen LogP contribution in [0, 0.1) is 5.82 Å². The minimum atomic E-state index is -0.287. The molecule has 1 nitrogen and oxygen atoms in total. The number of hydrogen-bond donors (Lipinski definition) is 1. The highest BCUT2D eigenvalue weighted by atomic mass is 35.5. The summed E-state index contributed by atoms with van der Waals surface area (Å²) in [6, 6.07) is 11.4. The van der Waals surface area contributed by atoms with Crippen molar-refractivity contribution in [3.05, 3.63) is 69.5 Å². The second kappa shape index (κ2) is 6.38. The topological polar surface area (TPSA) is 20.2 Å². The van der Waals surface area contributed by atoms with Gasteiger partial charge in [0.2, 0.25) is 0 Å². The lowest BCUT2D eigenvalue weighted by Gasteiger charge is -2.15. The first-order valence-electron chi connectivity index (χ1n) is 5.90. The summed E-state index contributed by atoms with van der Waals surface area (Å²) < 4.78 is 12.9. The van der Waals surface area contributed by atoms with Gasteiger partial charge in [-0.3, -0.25) is 0 Å². The van der Waals surface area contributed by atoms with Crippen molar-refractivity contribution in [2.24, 2.45) is 0 Å². The van der Waals surface area contributed by atoms with Crippen LogP contribution in [0.4, 0.5) is 4.39 Å². The van der Waals surface area contributed by atoms with Crippen molar-refractivity contribution in [2.75, 3.05) is 6.61 Å². The number of hydrogen-bond acceptors (Lipinski definition) is 1. The Morgan fingerprint density at radius 3 is 2.32 bits per heavy atom. The van der Waals surface area contributed by atoms with E-state index in [-0.39, 0.29) is 18.3 Å². The van der Waals surface area contributed by atoms with Gasteiger partial charge in [-0.1, -0.05) is 41.4 Å². The van der Waals surface area contributed by atoms with Crippen molar-refractivity contribution in [3.63, 3.8) is 0 Å². The van der Waals surface area contributed by atoms with Crippen LogP contribution in [0.3, 0.4) is 0 Å². The molecule has 2 aromatic rings. The number of halogens is 3. The Labute approximate surface area is 121 Å². The van der Waals surface area contributed by atoms with Crippen LogP contribution in [0.2, 0.25) is 10.0 Å². The van der Waals surface area contributed by atoms with Gasteiger partial charge < -0.3 is 5.11 Å². The standard InChI is InChI=1S/C15H13Cl2FO/c16-13-4-1-11(15(17)8-13)7-12(9-19)10-2-5-14(18)6-3-10/h1-6,8,12,19H,7,9H2. The maximum Gasteiger partial charge on any atom is 0.123 e. The van der Waals surface area contributed by atoms with Crippen LogP contribution in [-0.4, -0.2) is 11.7 Å². The van der Waals surface area contributed by atoms with Crippen molar-refractivity contribution in [1.82, 2.24) is 0 Å². The molecule has 0 amide bonds. The van der Waals surface area contributed by atoms with Crippen LogP contribution in [0.5, 0.6) is 0 Å². The molecule has 2 rings (SSSR count). The Kier molecular flexibility index (Phi) is 4.81. The SMILES string of the molecule is OCC(Cc1ccc(Cl)cc1Cl)c1ccc(F)cc1. The van der Waals surface area contributed by atoms with E-state index in [0.717, 1.165) is 11.1 Å². The zero-order chi connectivity index (χ0) is 13.8. The minimum Gasteiger partial charge on any atom is -0.396 e. The van der Waals surface area contributed by atoms with Crippen molar-refractivity contribution < 1.29 is 9.50 Å². The lowest BCUT2D eigenvalue weighted by Crippen LogP contribution is -2.08. The maximum absolute atomic E-state index is 12.9. The van der Waals surface area contributed by atoms with Gasteiger partial charge in [0.25, 0.3) is 0 Å². The zero-order valence-corrected chi connectivity index (χ0v) is 11.6. The van der Waals surface area contributed by atoms with Gasteiger partial charge in [-0.25, -0.2) is 4.39 Å². The summed E-state index contributed by atoms with van der Waals surface area (Å²) in [6.45, 7) is -0.0232. The third-order valence-corrected chi connectivity index (χ3v) is 3.63. The molecule has 0 saturated carbocycles. The first kappa shape index (κ1) is 14.3. The van der Waals surface area contributed by atoms with Gasteiger partial charge in [-0.2, -0.15) is 0 Å². The quantitative estimate of drug-likeness (QED) is 0.884. The molecular weight excluding hydrogens is 286 g/mol. The zero-order valence-electron chi connectivity index (χ0n) is 10.1. The summed E-state index contributed by atoms with van der Waals surface area (Å²) in [5.41, 5.74) is 1.80. The third kappa shape index (κ3) is 3.69. The van der Waals surface area contributed by atoms with E-state index in [9.17, 15) is 9.50 Å². The first-order chi connectivity index (χ1) is 9.10. The van der Waals surface area contributed by atoms with E-state index in [4.69, 9.17) is 23.2 Å². The summed E-state index contributed by atoms with van der Waals surface area (Å²) in [4.78, 5) is 0. The van der Waals surface area contributed by atoms with Crippen molar-refractivity contribution in [2.45, 2.75) is 12.3 Å². The van der Waals surface area contributed by atoms with Crippen LogP contribution in [0.15, 0.2) is 42.5 Å². The molecule has 19 heavy (non-hydrogen) atoms. The largest absolute Gasteiger partial charge is 0.396 e. The second-order valence-electron chi connectivity index (χ2n) is 4.37. The molecule has 1 unspecified atom stereocenters. The van der Waals surface area contributed by atoms with Crippen LogP contribution in [0.25, 0.3) is 0 Å². The summed E-state index contributed by atoms with van der Waals surface area (Å²) in [5, 5.41) is 10.6. The normalized spacial score (nSPS) is 12.4. The van der Waals surface area contributed by atoms with Crippen molar-refractivity contribution in [1.29, 1.82) is 0 Å². The predicted molar refractivity (Wildman–Crippen MR) is 76.4 cm³/mol. The van der Waals surface area contributed by atoms with E-state index in [2.05, 4.69) is 0 Å². The fourth-order valence-electron chi connectivity index (χ4n) is 1.98. The van der Waals surface area contributed by atoms with E-state index in [1.165, 1.54) is 12.1 Å². The van der Waals surface area contributed by atoms with Gasteiger partial charge in [-0.05, 0) is 41.8 Å². The number of aliphatic hydroxyl groups excluding tert-OH is 1. The van der Waals surface area contributed by atoms with E-state index >= 15 is 0 Å². The molecule has 0 fully saturated rings. The molecule has 0 spiro atoms. The Morgan fingerprint density at radius 1 is 1.05 bits per heavy atom. The molecule has 0 aliphatic carbocycles. The van der Waals surface area contributed by atoms with Crippen LogP contribution >= 0.6 is 23.2 Å².